The highest BCUT2D eigenvalue weighted by Gasteiger charge is 2.08. The van der Waals surface area contributed by atoms with Gasteiger partial charge < -0.3 is 11.1 Å². The van der Waals surface area contributed by atoms with Crippen molar-refractivity contribution in [2.75, 3.05) is 11.6 Å². The van der Waals surface area contributed by atoms with Crippen molar-refractivity contribution in [2.24, 2.45) is 5.73 Å². The average Bonchev–Trinajstić information content (AvgIpc) is 2.41. The van der Waals surface area contributed by atoms with Gasteiger partial charge in [-0.15, -0.1) is 0 Å². The van der Waals surface area contributed by atoms with Crippen molar-refractivity contribution in [1.29, 1.82) is 0 Å². The quantitative estimate of drug-likeness (QED) is 0.513. The van der Waals surface area contributed by atoms with Crippen LogP contribution in [0.25, 0.3) is 5.70 Å². The number of nitrogens with zero attached hydrogens (tertiary/aromatic N) is 3. The normalized spacial score (nSPS) is 10.2. The molecule has 0 bridgehead atoms. The standard InChI is InChI=1S/C12H12ClN5S/c1-7(14)9-6-16-12(19-2)18-11(9)17-8-3-4-10(13)15-5-8/h3-6H,1,14H2,2H3,(H,16,17,18). The first-order valence-electron chi connectivity index (χ1n) is 5.34. The van der Waals surface area contributed by atoms with Crippen LogP contribution in [0.1, 0.15) is 5.56 Å². The topological polar surface area (TPSA) is 76.7 Å². The molecule has 0 radical (unpaired) electrons. The molecule has 2 rings (SSSR count). The van der Waals surface area contributed by atoms with Crippen LogP contribution in [0.3, 0.4) is 0 Å². The van der Waals surface area contributed by atoms with Gasteiger partial charge in [-0.05, 0) is 18.4 Å². The maximum atomic E-state index is 5.74. The monoisotopic (exact) mass is 293 g/mol. The number of hydrogen-bond acceptors (Lipinski definition) is 6. The van der Waals surface area contributed by atoms with Gasteiger partial charge in [0.2, 0.25) is 0 Å². The first-order valence-corrected chi connectivity index (χ1v) is 6.95. The summed E-state index contributed by atoms with van der Waals surface area (Å²) >= 11 is 7.19. The van der Waals surface area contributed by atoms with Crippen LogP contribution in [-0.2, 0) is 0 Å². The zero-order valence-corrected chi connectivity index (χ0v) is 11.8. The van der Waals surface area contributed by atoms with Gasteiger partial charge in [-0.3, -0.25) is 0 Å². The van der Waals surface area contributed by atoms with Gasteiger partial charge in [-0.2, -0.15) is 0 Å². The van der Waals surface area contributed by atoms with E-state index in [0.717, 1.165) is 5.69 Å². The minimum atomic E-state index is 0.400. The summed E-state index contributed by atoms with van der Waals surface area (Å²) in [6.45, 7) is 3.71. The highest BCUT2D eigenvalue weighted by Crippen LogP contribution is 2.23. The summed E-state index contributed by atoms with van der Waals surface area (Å²) in [5.74, 6) is 0.593. The van der Waals surface area contributed by atoms with Crippen LogP contribution in [0.5, 0.6) is 0 Å². The molecule has 0 atom stereocenters. The Kier molecular flexibility index (Phi) is 4.24. The minimum Gasteiger partial charge on any atom is -0.399 e. The van der Waals surface area contributed by atoms with Crippen LogP contribution in [0.2, 0.25) is 5.15 Å². The van der Waals surface area contributed by atoms with E-state index in [1.165, 1.54) is 11.8 Å². The van der Waals surface area contributed by atoms with Crippen LogP contribution < -0.4 is 11.1 Å². The van der Waals surface area contributed by atoms with E-state index in [4.69, 9.17) is 17.3 Å². The summed E-state index contributed by atoms with van der Waals surface area (Å²) in [7, 11) is 0. The van der Waals surface area contributed by atoms with Gasteiger partial charge in [0.15, 0.2) is 5.16 Å². The van der Waals surface area contributed by atoms with Crippen LogP contribution in [0.15, 0.2) is 36.3 Å². The lowest BCUT2D eigenvalue weighted by Gasteiger charge is -2.11. The predicted octanol–water partition coefficient (Wildman–Crippen LogP) is 2.92. The number of aromatic nitrogens is 3. The van der Waals surface area contributed by atoms with E-state index < -0.39 is 0 Å². The first kappa shape index (κ1) is 13.6. The van der Waals surface area contributed by atoms with E-state index in [0.29, 0.717) is 27.4 Å². The van der Waals surface area contributed by atoms with E-state index >= 15 is 0 Å². The van der Waals surface area contributed by atoms with Crippen molar-refractivity contribution < 1.29 is 0 Å². The van der Waals surface area contributed by atoms with E-state index in [1.54, 1.807) is 24.5 Å². The molecule has 0 aliphatic carbocycles. The Hall–Kier alpha value is -1.79. The second kappa shape index (κ2) is 5.90. The highest BCUT2D eigenvalue weighted by molar-refractivity contribution is 7.98. The van der Waals surface area contributed by atoms with Crippen molar-refractivity contribution in [2.45, 2.75) is 5.16 Å². The second-order valence-electron chi connectivity index (χ2n) is 3.64. The maximum absolute atomic E-state index is 5.74. The summed E-state index contributed by atoms with van der Waals surface area (Å²) in [5.41, 5.74) is 7.55. The molecule has 2 aromatic heterocycles. The molecule has 3 N–H and O–H groups in total. The third kappa shape index (κ3) is 3.36. The molecule has 2 heterocycles. The van der Waals surface area contributed by atoms with E-state index in [1.807, 2.05) is 6.26 Å². The second-order valence-corrected chi connectivity index (χ2v) is 4.80. The molecule has 19 heavy (non-hydrogen) atoms. The average molecular weight is 294 g/mol. The lowest BCUT2D eigenvalue weighted by molar-refractivity contribution is 0.968. The Bertz CT molecular complexity index is 600. The smallest absolute Gasteiger partial charge is 0.189 e. The third-order valence-electron chi connectivity index (χ3n) is 2.29. The molecule has 0 amide bonds. The zero-order valence-electron chi connectivity index (χ0n) is 10.2. The molecule has 5 nitrogen and oxygen atoms in total. The van der Waals surface area contributed by atoms with Gasteiger partial charge in [0, 0.05) is 11.9 Å². The first-order chi connectivity index (χ1) is 9.10. The number of rotatable bonds is 4. The predicted molar refractivity (Wildman–Crippen MR) is 79.6 cm³/mol. The number of hydrogen-bond donors (Lipinski definition) is 2. The number of pyridine rings is 1. The van der Waals surface area contributed by atoms with Crippen molar-refractivity contribution in [3.05, 3.63) is 41.8 Å². The summed E-state index contributed by atoms with van der Waals surface area (Å²) in [6.07, 6.45) is 5.17. The van der Waals surface area contributed by atoms with Crippen molar-refractivity contribution in [3.8, 4) is 0 Å². The number of halogens is 1. The fraction of sp³-hybridized carbons (Fsp3) is 0.0833. The molecular formula is C12H12ClN5S. The van der Waals surface area contributed by atoms with Crippen LogP contribution in [-0.4, -0.2) is 21.2 Å². The summed E-state index contributed by atoms with van der Waals surface area (Å²) in [4.78, 5) is 12.5. The van der Waals surface area contributed by atoms with Crippen LogP contribution >= 0.6 is 23.4 Å². The molecule has 0 aromatic carbocycles. The van der Waals surface area contributed by atoms with Crippen LogP contribution in [0, 0.1) is 0 Å². The largest absolute Gasteiger partial charge is 0.399 e. The lowest BCUT2D eigenvalue weighted by Crippen LogP contribution is -2.05. The lowest BCUT2D eigenvalue weighted by atomic mass is 10.2. The highest BCUT2D eigenvalue weighted by atomic mass is 35.5. The van der Waals surface area contributed by atoms with Gasteiger partial charge >= 0.3 is 0 Å². The Labute approximate surface area is 120 Å². The fourth-order valence-corrected chi connectivity index (χ4v) is 1.83. The Morgan fingerprint density at radius 3 is 2.74 bits per heavy atom. The molecule has 0 saturated carbocycles. The zero-order chi connectivity index (χ0) is 13.8. The van der Waals surface area contributed by atoms with Crippen molar-refractivity contribution in [1.82, 2.24) is 15.0 Å². The van der Waals surface area contributed by atoms with E-state index in [-0.39, 0.29) is 0 Å². The number of nitrogens with one attached hydrogen (secondary N) is 1. The summed E-state index contributed by atoms with van der Waals surface area (Å²) < 4.78 is 0. The summed E-state index contributed by atoms with van der Waals surface area (Å²) in [6, 6.07) is 3.50. The molecule has 2 aromatic rings. The van der Waals surface area contributed by atoms with Crippen molar-refractivity contribution >= 4 is 40.6 Å². The van der Waals surface area contributed by atoms with E-state index in [9.17, 15) is 0 Å². The minimum absolute atomic E-state index is 0.400. The SMILES string of the molecule is C=C(N)c1cnc(SC)nc1Nc1ccc(Cl)nc1. The fourth-order valence-electron chi connectivity index (χ4n) is 1.38. The Morgan fingerprint density at radius 1 is 1.37 bits per heavy atom. The number of thioether (sulfide) groups is 1. The molecular weight excluding hydrogens is 282 g/mol. The van der Waals surface area contributed by atoms with Gasteiger partial charge in [0.05, 0.1) is 17.4 Å². The third-order valence-corrected chi connectivity index (χ3v) is 3.07. The number of nitrogens with two attached hydrogens (primary N) is 1. The maximum Gasteiger partial charge on any atom is 0.189 e. The Morgan fingerprint density at radius 2 is 2.16 bits per heavy atom. The number of anilines is 2. The molecule has 0 spiro atoms. The van der Waals surface area contributed by atoms with E-state index in [2.05, 4.69) is 26.8 Å². The molecule has 0 aliphatic rings. The Balaban J connectivity index is 2.36. The van der Waals surface area contributed by atoms with Gasteiger partial charge in [-0.25, -0.2) is 15.0 Å². The van der Waals surface area contributed by atoms with Gasteiger partial charge in [0.1, 0.15) is 11.0 Å². The molecule has 0 fully saturated rings. The molecule has 7 heteroatoms. The molecule has 0 unspecified atom stereocenters. The van der Waals surface area contributed by atoms with Gasteiger partial charge in [-0.1, -0.05) is 29.9 Å². The summed E-state index contributed by atoms with van der Waals surface area (Å²) in [5, 5.41) is 4.21. The van der Waals surface area contributed by atoms with Crippen molar-refractivity contribution in [3.63, 3.8) is 0 Å². The molecule has 0 saturated heterocycles. The molecule has 98 valence electrons. The van der Waals surface area contributed by atoms with Gasteiger partial charge in [0.25, 0.3) is 0 Å². The molecule has 0 aliphatic heterocycles. The van der Waals surface area contributed by atoms with Crippen LogP contribution in [0.4, 0.5) is 11.5 Å².